The van der Waals surface area contributed by atoms with Gasteiger partial charge in [-0.3, -0.25) is 0 Å². The average molecular weight is 258 g/mol. The summed E-state index contributed by atoms with van der Waals surface area (Å²) in [6, 6.07) is 15.0. The van der Waals surface area contributed by atoms with E-state index in [4.69, 9.17) is 21.6 Å². The summed E-state index contributed by atoms with van der Waals surface area (Å²) in [7, 11) is 0. The lowest BCUT2D eigenvalue weighted by Crippen LogP contribution is -1.98. The third kappa shape index (κ3) is 2.82. The van der Waals surface area contributed by atoms with Crippen molar-refractivity contribution < 1.29 is 4.74 Å². The molecule has 0 saturated carbocycles. The van der Waals surface area contributed by atoms with E-state index in [0.717, 1.165) is 11.1 Å². The number of ether oxygens (including phenoxy) is 1. The van der Waals surface area contributed by atoms with E-state index < -0.39 is 0 Å². The number of rotatable bonds is 3. The van der Waals surface area contributed by atoms with Crippen molar-refractivity contribution in [3.63, 3.8) is 0 Å². The summed E-state index contributed by atoms with van der Waals surface area (Å²) in [6.07, 6.45) is 0. The van der Waals surface area contributed by atoms with Crippen LogP contribution in [0, 0.1) is 18.3 Å². The van der Waals surface area contributed by atoms with Crippen LogP contribution in [0.25, 0.3) is 0 Å². The van der Waals surface area contributed by atoms with E-state index in [1.807, 2.05) is 37.3 Å². The van der Waals surface area contributed by atoms with Crippen LogP contribution in [0.1, 0.15) is 16.7 Å². The van der Waals surface area contributed by atoms with E-state index in [1.165, 1.54) is 0 Å². The van der Waals surface area contributed by atoms with Crippen molar-refractivity contribution in [3.8, 4) is 11.8 Å². The molecule has 0 bridgehead atoms. The number of hydrogen-bond acceptors (Lipinski definition) is 2. The van der Waals surface area contributed by atoms with Gasteiger partial charge < -0.3 is 4.74 Å². The highest BCUT2D eigenvalue weighted by atomic mass is 35.5. The van der Waals surface area contributed by atoms with Gasteiger partial charge in [-0.05, 0) is 30.7 Å². The van der Waals surface area contributed by atoms with Crippen LogP contribution in [0.4, 0.5) is 0 Å². The maximum absolute atomic E-state index is 8.86. The van der Waals surface area contributed by atoms with Gasteiger partial charge in [-0.15, -0.1) is 0 Å². The number of halogens is 1. The third-order valence-corrected chi connectivity index (χ3v) is 3.03. The van der Waals surface area contributed by atoms with Crippen LogP contribution in [0.2, 0.25) is 5.02 Å². The van der Waals surface area contributed by atoms with Crippen LogP contribution in [0.3, 0.4) is 0 Å². The minimum Gasteiger partial charge on any atom is -0.489 e. The van der Waals surface area contributed by atoms with Gasteiger partial charge in [0.05, 0.1) is 11.6 Å². The lowest BCUT2D eigenvalue weighted by atomic mass is 10.1. The van der Waals surface area contributed by atoms with Crippen molar-refractivity contribution in [2.24, 2.45) is 0 Å². The Bertz CT molecular complexity index is 602. The van der Waals surface area contributed by atoms with Crippen LogP contribution >= 0.6 is 11.6 Å². The Labute approximate surface area is 111 Å². The lowest BCUT2D eigenvalue weighted by molar-refractivity contribution is 0.304. The summed E-state index contributed by atoms with van der Waals surface area (Å²) in [5.74, 6) is 0.717. The van der Waals surface area contributed by atoms with Gasteiger partial charge in [-0.25, -0.2) is 0 Å². The molecule has 2 aromatic carbocycles. The predicted octanol–water partition coefficient (Wildman–Crippen LogP) is 4.10. The number of hydrogen-bond donors (Lipinski definition) is 0. The minimum atomic E-state index is 0.398. The first kappa shape index (κ1) is 12.5. The van der Waals surface area contributed by atoms with E-state index >= 15 is 0 Å². The third-order valence-electron chi connectivity index (χ3n) is 2.66. The number of benzene rings is 2. The molecular formula is C15H12ClNO. The molecule has 0 N–H and O–H groups in total. The van der Waals surface area contributed by atoms with Crippen LogP contribution < -0.4 is 4.74 Å². The molecule has 0 amide bonds. The zero-order valence-electron chi connectivity index (χ0n) is 9.98. The smallest absolute Gasteiger partial charge is 0.124 e. The molecule has 0 atom stereocenters. The molecule has 2 rings (SSSR count). The molecule has 3 heteroatoms. The number of aryl methyl sites for hydroxylation is 1. The Morgan fingerprint density at radius 2 is 2.00 bits per heavy atom. The Hall–Kier alpha value is -1.98. The Balaban J connectivity index is 2.16. The van der Waals surface area contributed by atoms with Crippen molar-refractivity contribution in [1.82, 2.24) is 0 Å². The van der Waals surface area contributed by atoms with E-state index in [9.17, 15) is 0 Å². The molecule has 18 heavy (non-hydrogen) atoms. The summed E-state index contributed by atoms with van der Waals surface area (Å²) in [6.45, 7) is 2.35. The topological polar surface area (TPSA) is 33.0 Å². The number of nitriles is 1. The summed E-state index contributed by atoms with van der Waals surface area (Å²) in [4.78, 5) is 0. The fourth-order valence-corrected chi connectivity index (χ4v) is 1.79. The minimum absolute atomic E-state index is 0.398. The second kappa shape index (κ2) is 5.57. The maximum Gasteiger partial charge on any atom is 0.124 e. The lowest BCUT2D eigenvalue weighted by Gasteiger charge is -2.10. The molecule has 0 radical (unpaired) electrons. The zero-order valence-corrected chi connectivity index (χ0v) is 10.7. The van der Waals surface area contributed by atoms with Crippen molar-refractivity contribution in [2.45, 2.75) is 13.5 Å². The Kier molecular flexibility index (Phi) is 3.86. The quantitative estimate of drug-likeness (QED) is 0.829. The van der Waals surface area contributed by atoms with Crippen LogP contribution in [-0.4, -0.2) is 0 Å². The molecule has 0 aliphatic carbocycles. The fourth-order valence-electron chi connectivity index (χ4n) is 1.60. The molecule has 2 nitrogen and oxygen atoms in total. The molecule has 0 heterocycles. The van der Waals surface area contributed by atoms with E-state index in [-0.39, 0.29) is 0 Å². The van der Waals surface area contributed by atoms with Crippen molar-refractivity contribution in [3.05, 3.63) is 64.2 Å². The van der Waals surface area contributed by atoms with Gasteiger partial charge in [0, 0.05) is 10.6 Å². The van der Waals surface area contributed by atoms with Gasteiger partial charge in [0.1, 0.15) is 12.4 Å². The summed E-state index contributed by atoms with van der Waals surface area (Å²) in [5.41, 5.74) is 2.52. The molecule has 0 aliphatic rings. The standard InChI is InChI=1S/C15H12ClNO/c1-11-6-7-12(9-17)8-15(11)18-10-13-4-2-3-5-14(13)16/h2-8H,10H2,1H3. The van der Waals surface area contributed by atoms with Gasteiger partial charge >= 0.3 is 0 Å². The molecule has 0 aliphatic heterocycles. The number of nitrogens with zero attached hydrogens (tertiary/aromatic N) is 1. The van der Waals surface area contributed by atoms with Gasteiger partial charge in [0.25, 0.3) is 0 Å². The Morgan fingerprint density at radius 1 is 1.22 bits per heavy atom. The summed E-state index contributed by atoms with van der Waals surface area (Å²) < 4.78 is 5.71. The normalized spacial score (nSPS) is 9.83. The highest BCUT2D eigenvalue weighted by Gasteiger charge is 2.04. The zero-order chi connectivity index (χ0) is 13.0. The van der Waals surface area contributed by atoms with Gasteiger partial charge in [0.15, 0.2) is 0 Å². The Morgan fingerprint density at radius 3 is 2.72 bits per heavy atom. The molecule has 0 aromatic heterocycles. The van der Waals surface area contributed by atoms with Gasteiger partial charge in [-0.1, -0.05) is 35.9 Å². The van der Waals surface area contributed by atoms with E-state index in [2.05, 4.69) is 6.07 Å². The molecule has 0 unspecified atom stereocenters. The molecule has 2 aromatic rings. The van der Waals surface area contributed by atoms with Gasteiger partial charge in [0.2, 0.25) is 0 Å². The van der Waals surface area contributed by atoms with Crippen LogP contribution in [0.5, 0.6) is 5.75 Å². The molecular weight excluding hydrogens is 246 g/mol. The van der Waals surface area contributed by atoms with Gasteiger partial charge in [-0.2, -0.15) is 5.26 Å². The monoisotopic (exact) mass is 257 g/mol. The molecule has 0 saturated heterocycles. The fraction of sp³-hybridized carbons (Fsp3) is 0.133. The molecule has 0 spiro atoms. The molecule has 90 valence electrons. The van der Waals surface area contributed by atoms with Crippen molar-refractivity contribution in [2.75, 3.05) is 0 Å². The first-order chi connectivity index (χ1) is 8.70. The van der Waals surface area contributed by atoms with Crippen LogP contribution in [-0.2, 0) is 6.61 Å². The van der Waals surface area contributed by atoms with E-state index in [1.54, 1.807) is 12.1 Å². The molecule has 0 fully saturated rings. The first-order valence-corrected chi connectivity index (χ1v) is 5.95. The first-order valence-electron chi connectivity index (χ1n) is 5.57. The van der Waals surface area contributed by atoms with Crippen molar-refractivity contribution in [1.29, 1.82) is 5.26 Å². The van der Waals surface area contributed by atoms with Crippen molar-refractivity contribution >= 4 is 11.6 Å². The second-order valence-corrected chi connectivity index (χ2v) is 4.38. The van der Waals surface area contributed by atoms with Crippen LogP contribution in [0.15, 0.2) is 42.5 Å². The average Bonchev–Trinajstić information content (AvgIpc) is 2.39. The largest absolute Gasteiger partial charge is 0.489 e. The summed E-state index contributed by atoms with van der Waals surface area (Å²) in [5, 5.41) is 9.54. The summed E-state index contributed by atoms with van der Waals surface area (Å²) >= 11 is 6.06. The SMILES string of the molecule is Cc1ccc(C#N)cc1OCc1ccccc1Cl. The van der Waals surface area contributed by atoms with E-state index in [0.29, 0.717) is 22.9 Å². The second-order valence-electron chi connectivity index (χ2n) is 3.97. The predicted molar refractivity (Wildman–Crippen MR) is 71.7 cm³/mol. The highest BCUT2D eigenvalue weighted by Crippen LogP contribution is 2.22. The maximum atomic E-state index is 8.86. The highest BCUT2D eigenvalue weighted by molar-refractivity contribution is 6.31.